The number of benzene rings is 2. The molecular weight excluding hydrogens is 1050 g/mol. The molecule has 15 nitrogen and oxygen atoms in total. The van der Waals surface area contributed by atoms with Crippen molar-refractivity contribution in [3.05, 3.63) is 118 Å². The second kappa shape index (κ2) is 24.6. The Morgan fingerprint density at radius 2 is 0.949 bits per heavy atom. The summed E-state index contributed by atoms with van der Waals surface area (Å²) in [7, 11) is 0. The van der Waals surface area contributed by atoms with Gasteiger partial charge in [-0.3, -0.25) is 14.4 Å². The van der Waals surface area contributed by atoms with Gasteiger partial charge in [-0.2, -0.15) is 0 Å². The normalized spacial score (nSPS) is 14.1. The lowest BCUT2D eigenvalue weighted by molar-refractivity contribution is -0.126. The van der Waals surface area contributed by atoms with E-state index in [1.54, 1.807) is 82.0 Å². The van der Waals surface area contributed by atoms with Gasteiger partial charge in [0.25, 0.3) is 11.8 Å². The molecule has 2 aromatic carbocycles. The van der Waals surface area contributed by atoms with Gasteiger partial charge in [0.05, 0.1) is 55.0 Å². The third-order valence-corrected chi connectivity index (χ3v) is 14.4. The SMILES string of the molecule is C=CC(=O)N1CCN(c2nc(C)c(C(=O)N(C(C)C)C(C)C)c3nc(-c4ccccc4F)c(Cl)cc23)CC1.Cc1nc(N2CCN(C(=O)OC(C)(C)C)CC2)c2cc(Cl)c(-c3ccccc3F)nc2c1C(=O)N(C(C)C)C(C)C. The van der Waals surface area contributed by atoms with Crippen LogP contribution in [0.5, 0.6) is 0 Å². The van der Waals surface area contributed by atoms with Crippen molar-refractivity contribution in [2.75, 3.05) is 62.2 Å². The Morgan fingerprint density at radius 1 is 0.595 bits per heavy atom. The predicted octanol–water partition coefficient (Wildman–Crippen LogP) is 12.2. The molecule has 2 aliphatic heterocycles. The first-order valence-corrected chi connectivity index (χ1v) is 27.6. The highest BCUT2D eigenvalue weighted by Gasteiger charge is 2.34. The Kier molecular flexibility index (Phi) is 18.6. The van der Waals surface area contributed by atoms with Gasteiger partial charge < -0.3 is 34.1 Å². The molecule has 0 saturated carbocycles. The molecule has 0 spiro atoms. The van der Waals surface area contributed by atoms with Crippen LogP contribution >= 0.6 is 23.2 Å². The molecule has 79 heavy (non-hydrogen) atoms. The van der Waals surface area contributed by atoms with Crippen LogP contribution in [0.15, 0.2) is 73.3 Å². The van der Waals surface area contributed by atoms with Gasteiger partial charge in [-0.05, 0) is 132 Å². The molecule has 2 saturated heterocycles. The molecule has 420 valence electrons. The first-order chi connectivity index (χ1) is 37.2. The largest absolute Gasteiger partial charge is 0.444 e. The minimum absolute atomic E-state index is 0.0505. The number of ether oxygens (including phenoxy) is 1. The zero-order valence-corrected chi connectivity index (χ0v) is 49.1. The number of aromatic nitrogens is 4. The van der Waals surface area contributed by atoms with Crippen LogP contribution in [0.2, 0.25) is 10.0 Å². The van der Waals surface area contributed by atoms with Gasteiger partial charge in [0.1, 0.15) is 28.9 Å². The Labute approximate surface area is 472 Å². The van der Waals surface area contributed by atoms with Crippen molar-refractivity contribution in [2.24, 2.45) is 0 Å². The fourth-order valence-electron chi connectivity index (χ4n) is 10.4. The number of piperazine rings is 2. The molecule has 6 heterocycles. The lowest BCUT2D eigenvalue weighted by Crippen LogP contribution is -2.50. The Morgan fingerprint density at radius 3 is 1.28 bits per heavy atom. The topological polar surface area (TPSA) is 149 Å². The highest BCUT2D eigenvalue weighted by Crippen LogP contribution is 2.39. The van der Waals surface area contributed by atoms with Crippen molar-refractivity contribution in [3.63, 3.8) is 0 Å². The maximum atomic E-state index is 14.9. The Balaban J connectivity index is 0.000000229. The third-order valence-electron chi connectivity index (χ3n) is 13.9. The summed E-state index contributed by atoms with van der Waals surface area (Å²) >= 11 is 13.4. The van der Waals surface area contributed by atoms with Crippen molar-refractivity contribution in [2.45, 2.75) is 120 Å². The minimum Gasteiger partial charge on any atom is -0.444 e. The van der Waals surface area contributed by atoms with E-state index in [1.807, 2.05) is 76.2 Å². The van der Waals surface area contributed by atoms with E-state index in [-0.39, 0.29) is 80.5 Å². The monoisotopic (exact) mass is 1120 g/mol. The number of anilines is 2. The quantitative estimate of drug-likeness (QED) is 0.114. The van der Waals surface area contributed by atoms with E-state index in [2.05, 4.69) is 16.4 Å². The fourth-order valence-corrected chi connectivity index (χ4v) is 10.9. The third kappa shape index (κ3) is 12.9. The lowest BCUT2D eigenvalue weighted by atomic mass is 10.0. The smallest absolute Gasteiger partial charge is 0.410 e. The predicted molar refractivity (Wildman–Crippen MR) is 311 cm³/mol. The van der Waals surface area contributed by atoms with E-state index in [0.717, 1.165) is 0 Å². The van der Waals surface area contributed by atoms with Crippen LogP contribution in [-0.2, 0) is 9.53 Å². The van der Waals surface area contributed by atoms with E-state index in [9.17, 15) is 28.0 Å². The highest BCUT2D eigenvalue weighted by atomic mass is 35.5. The first-order valence-electron chi connectivity index (χ1n) is 26.8. The molecule has 0 bridgehead atoms. The maximum absolute atomic E-state index is 14.9. The second-order valence-corrected chi connectivity index (χ2v) is 22.8. The van der Waals surface area contributed by atoms with Crippen molar-refractivity contribution < 1.29 is 32.7 Å². The van der Waals surface area contributed by atoms with Crippen molar-refractivity contribution in [1.82, 2.24) is 39.5 Å². The number of halogens is 4. The number of nitrogens with zero attached hydrogens (tertiary/aromatic N) is 10. The number of hydrogen-bond donors (Lipinski definition) is 0. The Bertz CT molecular complexity index is 3280. The summed E-state index contributed by atoms with van der Waals surface area (Å²) in [6.45, 7) is 32.5. The van der Waals surface area contributed by atoms with Crippen LogP contribution in [-0.4, -0.2) is 145 Å². The summed E-state index contributed by atoms with van der Waals surface area (Å²) in [4.78, 5) is 83.4. The maximum Gasteiger partial charge on any atom is 0.410 e. The molecule has 0 radical (unpaired) electrons. The van der Waals surface area contributed by atoms with Gasteiger partial charge in [0.2, 0.25) is 5.91 Å². The molecule has 4 amide bonds. The van der Waals surface area contributed by atoms with Gasteiger partial charge >= 0.3 is 6.09 Å². The molecule has 19 heteroatoms. The average Bonchev–Trinajstić information content (AvgIpc) is 3.53. The van der Waals surface area contributed by atoms with E-state index in [0.29, 0.717) is 108 Å². The van der Waals surface area contributed by atoms with Crippen LogP contribution in [0, 0.1) is 25.5 Å². The number of amides is 4. The van der Waals surface area contributed by atoms with Gasteiger partial charge in [-0.25, -0.2) is 33.5 Å². The Hall–Kier alpha value is -6.98. The number of fused-ring (bicyclic) bond motifs is 2. The molecule has 4 aromatic heterocycles. The summed E-state index contributed by atoms with van der Waals surface area (Å²) in [5.74, 6) is -0.143. The standard InChI is InChI=1S/C31H39ClFN5O3.C29H33ClFN5O2/c1-18(2)38(19(3)4)29(39)25-20(5)34-28(36-13-15-37(16-14-36)30(40)41-31(6,7)8)22-17-23(32)26(35-27(22)25)21-11-9-10-12-24(21)33;1-7-24(37)34-12-14-35(15-13-34)28-21-16-22(30)26(20-10-8-9-11-23(20)31)33-27(21)25(19(6)32-28)29(38)36(17(2)3)18(4)5/h9-12,17-19H,13-16H2,1-8H3;7-11,16-18H,1,12-15H2,2-6H3. The minimum atomic E-state index is -0.580. The van der Waals surface area contributed by atoms with Gasteiger partial charge in [-0.1, -0.05) is 54.0 Å². The van der Waals surface area contributed by atoms with Crippen LogP contribution < -0.4 is 9.80 Å². The number of carbonyl (C=O) groups excluding carboxylic acids is 4. The van der Waals surface area contributed by atoms with Crippen molar-refractivity contribution in [1.29, 1.82) is 0 Å². The molecule has 0 atom stereocenters. The van der Waals surface area contributed by atoms with Gasteiger partial charge in [0, 0.05) is 98.4 Å². The fraction of sp³-hybridized carbons (Fsp3) is 0.433. The average molecular weight is 1120 g/mol. The van der Waals surface area contributed by atoms with Gasteiger partial charge in [-0.15, -0.1) is 0 Å². The summed E-state index contributed by atoms with van der Waals surface area (Å²) in [5.41, 5.74) is 3.10. The second-order valence-electron chi connectivity index (χ2n) is 22.0. The van der Waals surface area contributed by atoms with E-state index < -0.39 is 17.2 Å². The van der Waals surface area contributed by atoms with E-state index >= 15 is 0 Å². The molecule has 0 aliphatic carbocycles. The number of pyridine rings is 4. The molecule has 2 aliphatic rings. The number of rotatable bonds is 11. The van der Waals surface area contributed by atoms with Crippen LogP contribution in [0.25, 0.3) is 44.3 Å². The number of carbonyl (C=O) groups is 4. The van der Waals surface area contributed by atoms with E-state index in [4.69, 9.17) is 47.9 Å². The van der Waals surface area contributed by atoms with Crippen LogP contribution in [0.3, 0.4) is 0 Å². The van der Waals surface area contributed by atoms with Crippen LogP contribution in [0.1, 0.15) is 108 Å². The summed E-state index contributed by atoms with van der Waals surface area (Å²) < 4.78 is 35.2. The molecular formula is C60H72Cl2F2N10O5. The summed E-state index contributed by atoms with van der Waals surface area (Å²) in [6, 6.07) is 15.8. The lowest BCUT2D eigenvalue weighted by Gasteiger charge is -2.37. The van der Waals surface area contributed by atoms with E-state index in [1.165, 1.54) is 18.2 Å². The number of hydrogen-bond acceptors (Lipinski definition) is 11. The molecule has 8 rings (SSSR count). The van der Waals surface area contributed by atoms with Crippen molar-refractivity contribution >= 4 is 80.5 Å². The molecule has 6 aromatic rings. The summed E-state index contributed by atoms with van der Waals surface area (Å²) in [6.07, 6.45) is 0.963. The summed E-state index contributed by atoms with van der Waals surface area (Å²) in [5, 5.41) is 1.73. The van der Waals surface area contributed by atoms with Gasteiger partial charge in [0.15, 0.2) is 0 Å². The zero-order valence-electron chi connectivity index (χ0n) is 47.5. The molecule has 0 unspecified atom stereocenters. The zero-order chi connectivity index (χ0) is 57.9. The van der Waals surface area contributed by atoms with Crippen molar-refractivity contribution in [3.8, 4) is 22.5 Å². The first kappa shape index (κ1) is 59.7. The molecule has 2 fully saturated rings. The molecule has 0 N–H and O–H groups in total. The number of aryl methyl sites for hydroxylation is 2. The van der Waals surface area contributed by atoms with Crippen LogP contribution in [0.4, 0.5) is 25.2 Å². The highest BCUT2D eigenvalue weighted by molar-refractivity contribution is 6.34.